The quantitative estimate of drug-likeness (QED) is 0.321. The Bertz CT molecular complexity index is 1270. The molecule has 0 radical (unpaired) electrons. The average molecular weight is 553 g/mol. The molecule has 0 fully saturated rings. The Morgan fingerprint density at radius 2 is 1.79 bits per heavy atom. The van der Waals surface area contributed by atoms with Crippen LogP contribution in [0.4, 0.5) is 18.9 Å². The number of alkyl halides is 3. The van der Waals surface area contributed by atoms with E-state index in [9.17, 15) is 18.0 Å². The van der Waals surface area contributed by atoms with Crippen molar-refractivity contribution in [2.45, 2.75) is 19.7 Å². The lowest BCUT2D eigenvalue weighted by molar-refractivity contribution is -0.137. The highest BCUT2D eigenvalue weighted by Crippen LogP contribution is 2.41. The Morgan fingerprint density at radius 1 is 1.06 bits per heavy atom. The number of nitrogens with one attached hydrogen (secondary N) is 1. The summed E-state index contributed by atoms with van der Waals surface area (Å²) in [5.74, 6) is 0.472. The smallest absolute Gasteiger partial charge is 0.416 e. The molecule has 0 unspecified atom stereocenters. The lowest BCUT2D eigenvalue weighted by Gasteiger charge is -2.15. The SMILES string of the molecule is CCOc1cc(/C=C2\C(=O)Nc3cc(C(F)(F)F)ccc32)cc(Br)c1OCc1ccc(Cl)cc1. The zero-order valence-electron chi connectivity index (χ0n) is 17.8. The lowest BCUT2D eigenvalue weighted by Crippen LogP contribution is -2.06. The minimum atomic E-state index is -4.49. The molecule has 34 heavy (non-hydrogen) atoms. The molecule has 4 nitrogen and oxygen atoms in total. The van der Waals surface area contributed by atoms with Crippen molar-refractivity contribution in [2.75, 3.05) is 11.9 Å². The van der Waals surface area contributed by atoms with Crippen molar-refractivity contribution in [1.29, 1.82) is 0 Å². The van der Waals surface area contributed by atoms with Gasteiger partial charge in [0.05, 0.1) is 16.6 Å². The monoisotopic (exact) mass is 551 g/mol. The lowest BCUT2D eigenvalue weighted by atomic mass is 10.0. The minimum absolute atomic E-state index is 0.123. The molecule has 176 valence electrons. The molecule has 4 rings (SSSR count). The van der Waals surface area contributed by atoms with Crippen molar-refractivity contribution in [3.63, 3.8) is 0 Å². The van der Waals surface area contributed by atoms with Gasteiger partial charge in [0.2, 0.25) is 0 Å². The van der Waals surface area contributed by atoms with E-state index in [1.54, 1.807) is 30.3 Å². The van der Waals surface area contributed by atoms with Crippen LogP contribution in [0.1, 0.15) is 29.2 Å². The molecule has 1 aliphatic rings. The number of halogens is 5. The van der Waals surface area contributed by atoms with Crippen LogP contribution < -0.4 is 14.8 Å². The van der Waals surface area contributed by atoms with Gasteiger partial charge in [-0.15, -0.1) is 0 Å². The molecule has 0 spiro atoms. The number of hydrogen-bond acceptors (Lipinski definition) is 3. The van der Waals surface area contributed by atoms with Crippen LogP contribution >= 0.6 is 27.5 Å². The second kappa shape index (κ2) is 9.72. The van der Waals surface area contributed by atoms with Gasteiger partial charge in [0.15, 0.2) is 11.5 Å². The van der Waals surface area contributed by atoms with Crippen molar-refractivity contribution in [3.05, 3.63) is 86.3 Å². The molecule has 0 aliphatic carbocycles. The molecule has 0 aromatic heterocycles. The third-order valence-electron chi connectivity index (χ3n) is 5.07. The number of anilines is 1. The van der Waals surface area contributed by atoms with Crippen molar-refractivity contribution in [3.8, 4) is 11.5 Å². The van der Waals surface area contributed by atoms with E-state index >= 15 is 0 Å². The fraction of sp³-hybridized carbons (Fsp3) is 0.160. The van der Waals surface area contributed by atoms with Gasteiger partial charge in [0.1, 0.15) is 6.61 Å². The maximum Gasteiger partial charge on any atom is 0.416 e. The summed E-state index contributed by atoms with van der Waals surface area (Å²) in [6, 6.07) is 13.9. The van der Waals surface area contributed by atoms with Crippen LogP contribution in [-0.4, -0.2) is 12.5 Å². The zero-order valence-corrected chi connectivity index (χ0v) is 20.1. The third-order valence-corrected chi connectivity index (χ3v) is 5.91. The summed E-state index contributed by atoms with van der Waals surface area (Å²) in [5, 5.41) is 3.13. The van der Waals surface area contributed by atoms with E-state index in [-0.39, 0.29) is 17.9 Å². The molecular formula is C25H18BrClF3NO3. The molecule has 1 heterocycles. The van der Waals surface area contributed by atoms with E-state index in [1.807, 2.05) is 19.1 Å². The van der Waals surface area contributed by atoms with Gasteiger partial charge < -0.3 is 14.8 Å². The van der Waals surface area contributed by atoms with E-state index < -0.39 is 17.6 Å². The zero-order chi connectivity index (χ0) is 24.5. The molecule has 0 bridgehead atoms. The second-order valence-corrected chi connectivity index (χ2v) is 8.74. The number of amides is 1. The molecule has 0 saturated heterocycles. The van der Waals surface area contributed by atoms with Crippen LogP contribution in [0.5, 0.6) is 11.5 Å². The fourth-order valence-corrected chi connectivity index (χ4v) is 4.19. The Morgan fingerprint density at radius 3 is 2.47 bits per heavy atom. The Labute approximate surface area is 207 Å². The topological polar surface area (TPSA) is 47.6 Å². The van der Waals surface area contributed by atoms with Crippen molar-refractivity contribution >= 4 is 50.8 Å². The molecule has 0 atom stereocenters. The number of fused-ring (bicyclic) bond motifs is 1. The molecule has 9 heteroatoms. The van der Waals surface area contributed by atoms with Crippen LogP contribution in [0.2, 0.25) is 5.02 Å². The van der Waals surface area contributed by atoms with Gasteiger partial charge in [-0.1, -0.05) is 29.8 Å². The molecule has 1 N–H and O–H groups in total. The highest BCUT2D eigenvalue weighted by Gasteiger charge is 2.33. The molecule has 3 aromatic rings. The van der Waals surface area contributed by atoms with Crippen molar-refractivity contribution in [1.82, 2.24) is 0 Å². The Kier molecular flexibility index (Phi) is 6.91. The standard InChI is InChI=1S/C25H18BrClF3NO3/c1-2-33-22-11-15(10-20(26)23(22)34-13-14-3-6-17(27)7-4-14)9-19-18-8-5-16(25(28,29)30)12-21(18)31-24(19)32/h3-12H,2,13H2,1H3,(H,31,32)/b19-9-. The van der Waals surface area contributed by atoms with Gasteiger partial charge in [0, 0.05) is 21.8 Å². The predicted octanol–water partition coefficient (Wildman–Crippen LogP) is 7.59. The van der Waals surface area contributed by atoms with Gasteiger partial charge in [-0.3, -0.25) is 4.79 Å². The highest BCUT2D eigenvalue weighted by molar-refractivity contribution is 9.10. The molecule has 1 amide bonds. The van der Waals surface area contributed by atoms with E-state index in [2.05, 4.69) is 21.2 Å². The van der Waals surface area contributed by atoms with E-state index in [0.29, 0.717) is 38.7 Å². The largest absolute Gasteiger partial charge is 0.490 e. The summed E-state index contributed by atoms with van der Waals surface area (Å²) in [7, 11) is 0. The van der Waals surface area contributed by atoms with Gasteiger partial charge in [-0.05, 0) is 76.5 Å². The van der Waals surface area contributed by atoms with E-state index in [4.69, 9.17) is 21.1 Å². The number of benzene rings is 3. The number of rotatable bonds is 6. The van der Waals surface area contributed by atoms with Crippen LogP contribution in [0.15, 0.2) is 59.1 Å². The first kappa shape index (κ1) is 24.2. The summed E-state index contributed by atoms with van der Waals surface area (Å²) < 4.78 is 51.4. The molecule has 1 aliphatic heterocycles. The summed E-state index contributed by atoms with van der Waals surface area (Å²) >= 11 is 9.42. The van der Waals surface area contributed by atoms with Gasteiger partial charge in [0.25, 0.3) is 5.91 Å². The Balaban J connectivity index is 1.65. The summed E-state index contributed by atoms with van der Waals surface area (Å²) in [5.41, 5.74) is 1.49. The number of carbonyl (C=O) groups is 1. The minimum Gasteiger partial charge on any atom is -0.490 e. The van der Waals surface area contributed by atoms with Crippen molar-refractivity contribution in [2.24, 2.45) is 0 Å². The normalized spacial score (nSPS) is 14.2. The number of ether oxygens (including phenoxy) is 2. The van der Waals surface area contributed by atoms with Crippen LogP contribution in [-0.2, 0) is 17.6 Å². The second-order valence-electron chi connectivity index (χ2n) is 7.45. The van der Waals surface area contributed by atoms with Gasteiger partial charge in [-0.2, -0.15) is 13.2 Å². The van der Waals surface area contributed by atoms with Crippen molar-refractivity contribution < 1.29 is 27.4 Å². The molecule has 3 aromatic carbocycles. The summed E-state index contributed by atoms with van der Waals surface area (Å²) in [6.45, 7) is 2.50. The molecular weight excluding hydrogens is 535 g/mol. The maximum atomic E-state index is 13.0. The number of hydrogen-bond donors (Lipinski definition) is 1. The number of carbonyl (C=O) groups excluding carboxylic acids is 1. The van der Waals surface area contributed by atoms with E-state index in [0.717, 1.165) is 17.7 Å². The van der Waals surface area contributed by atoms with Gasteiger partial charge in [-0.25, -0.2) is 0 Å². The predicted molar refractivity (Wildman–Crippen MR) is 129 cm³/mol. The van der Waals surface area contributed by atoms with Crippen LogP contribution in [0, 0.1) is 0 Å². The third kappa shape index (κ3) is 5.23. The summed E-state index contributed by atoms with van der Waals surface area (Å²) in [4.78, 5) is 12.5. The first-order chi connectivity index (χ1) is 16.2. The first-order valence-corrected chi connectivity index (χ1v) is 11.4. The Hall–Kier alpha value is -2.97. The fourth-order valence-electron chi connectivity index (χ4n) is 3.49. The first-order valence-electron chi connectivity index (χ1n) is 10.2. The molecule has 0 saturated carbocycles. The van der Waals surface area contributed by atoms with Crippen LogP contribution in [0.3, 0.4) is 0 Å². The van der Waals surface area contributed by atoms with Crippen LogP contribution in [0.25, 0.3) is 11.6 Å². The maximum absolute atomic E-state index is 13.0. The van der Waals surface area contributed by atoms with Gasteiger partial charge >= 0.3 is 6.18 Å². The summed E-state index contributed by atoms with van der Waals surface area (Å²) in [6.07, 6.45) is -2.89. The average Bonchev–Trinajstić information content (AvgIpc) is 3.08. The van der Waals surface area contributed by atoms with E-state index in [1.165, 1.54) is 6.07 Å². The highest BCUT2D eigenvalue weighted by atomic mass is 79.9.